The van der Waals surface area contributed by atoms with Crippen molar-refractivity contribution in [2.75, 3.05) is 5.32 Å². The summed E-state index contributed by atoms with van der Waals surface area (Å²) in [4.78, 5) is 47.6. The third kappa shape index (κ3) is 5.31. The number of amides is 2. The zero-order chi connectivity index (χ0) is 41.3. The second-order valence-corrected chi connectivity index (χ2v) is 17.0. The molecular weight excluding hydrogens is 822 g/mol. The Morgan fingerprint density at radius 1 is 1.08 bits per heavy atom. The van der Waals surface area contributed by atoms with Gasteiger partial charge in [0, 0.05) is 34.2 Å². The van der Waals surface area contributed by atoms with Gasteiger partial charge in [0.2, 0.25) is 11.8 Å². The van der Waals surface area contributed by atoms with Crippen molar-refractivity contribution < 1.29 is 42.3 Å². The highest BCUT2D eigenvalue weighted by atomic mass is 35.5. The number of hydrogen-bond acceptors (Lipinski definition) is 11. The molecule has 7 heterocycles. The zero-order valence-electron chi connectivity index (χ0n) is 32.0. The second-order valence-electron chi connectivity index (χ2n) is 15.6. The fraction of sp³-hybridized carbons (Fsp3) is 0.317. The first-order valence-electron chi connectivity index (χ1n) is 19.3. The van der Waals surface area contributed by atoms with Crippen molar-refractivity contribution in [2.24, 2.45) is 5.92 Å². The zero-order valence-corrected chi connectivity index (χ0v) is 34.5. The van der Waals surface area contributed by atoms with Crippen molar-refractivity contribution in [3.63, 3.8) is 0 Å². The number of carbonyl (C=O) groups is 2. The molecule has 0 aliphatic carbocycles. The first-order chi connectivity index (χ1) is 28.3. The molecule has 0 fully saturated rings. The Morgan fingerprint density at radius 2 is 1.85 bits per heavy atom. The minimum absolute atomic E-state index is 0.0312. The van der Waals surface area contributed by atoms with Gasteiger partial charge >= 0.3 is 8.25 Å². The highest BCUT2D eigenvalue weighted by Gasteiger charge is 2.62. The van der Waals surface area contributed by atoms with Gasteiger partial charge in [-0.25, -0.2) is 9.55 Å². The van der Waals surface area contributed by atoms with E-state index in [1.165, 1.54) is 0 Å². The molecule has 10 rings (SSSR count). The molecular formula is C41H37Cl2N6O9P. The van der Waals surface area contributed by atoms with Crippen LogP contribution in [0.25, 0.3) is 44.9 Å². The lowest BCUT2D eigenvalue weighted by molar-refractivity contribution is -0.143. The SMILES string of the molecule is CCC(O)(CC)C(=O)N[C@H]1Cc2ccc3c(c2)C24c5cccc(c5NC2O3)-c2cccc3c2c(c(Cl)n3O[PH](=O)O)-c2oc(nc2Cl)-c2nc(oc24)C(C(C)C)NC1=O. The van der Waals surface area contributed by atoms with Gasteiger partial charge in [-0.3, -0.25) is 9.59 Å². The molecule has 6 aromatic rings. The van der Waals surface area contributed by atoms with Gasteiger partial charge in [-0.15, -0.1) is 0 Å². The summed E-state index contributed by atoms with van der Waals surface area (Å²) in [6.45, 7) is 7.24. The molecule has 304 valence electrons. The van der Waals surface area contributed by atoms with E-state index < -0.39 is 49.4 Å². The Bertz CT molecular complexity index is 2810. The van der Waals surface area contributed by atoms with E-state index in [1.54, 1.807) is 26.0 Å². The second kappa shape index (κ2) is 13.4. The van der Waals surface area contributed by atoms with Gasteiger partial charge in [-0.1, -0.05) is 93.4 Å². The van der Waals surface area contributed by atoms with E-state index in [1.807, 2.05) is 56.3 Å². The number of oxazole rings is 2. The summed E-state index contributed by atoms with van der Waals surface area (Å²) in [5.74, 6) is -0.430. The molecule has 18 heteroatoms. The van der Waals surface area contributed by atoms with Gasteiger partial charge in [0.1, 0.15) is 28.8 Å². The molecule has 15 nitrogen and oxygen atoms in total. The monoisotopic (exact) mass is 858 g/mol. The molecule has 4 unspecified atom stereocenters. The summed E-state index contributed by atoms with van der Waals surface area (Å²) in [7, 11) is -3.54. The molecule has 3 aromatic carbocycles. The average molecular weight is 860 g/mol. The normalized spacial score (nSPS) is 21.5. The van der Waals surface area contributed by atoms with Crippen molar-refractivity contribution in [3.05, 3.63) is 93.2 Å². The topological polar surface area (TPSA) is 203 Å². The van der Waals surface area contributed by atoms with Crippen LogP contribution in [-0.4, -0.2) is 54.4 Å². The van der Waals surface area contributed by atoms with Gasteiger partial charge in [-0.2, -0.15) is 9.71 Å². The standard InChI is InChI=1S/C41H37Cl2N6O9P/c1-5-40(52,6-2)38(51)44-23-16-18-13-14-25-22(15-18)41-21-11-7-10-20(29(21)47-39(41)55-25)19-9-8-12-24-26(19)27(34(43)49(24)58-59(53)54)31-33(42)48-37(56-31)30-32(41)57-36(46-30)28(17(3)4)45-35(23)50/h7-15,17,23,28,39,47,52,59H,5-6,16H2,1-4H3,(H,44,51)(H,45,50)(H,53,54)/t23-,28?,39?,41?/m0/s1. The molecule has 59 heavy (non-hydrogen) atoms. The summed E-state index contributed by atoms with van der Waals surface area (Å²) >= 11 is 14.0. The predicted octanol–water partition coefficient (Wildman–Crippen LogP) is 6.93. The number of hydrogen-bond donors (Lipinski definition) is 5. The fourth-order valence-corrected chi connectivity index (χ4v) is 9.97. The van der Waals surface area contributed by atoms with E-state index in [9.17, 15) is 24.2 Å². The van der Waals surface area contributed by atoms with Crippen LogP contribution < -0.4 is 25.3 Å². The summed E-state index contributed by atoms with van der Waals surface area (Å²) in [6, 6.07) is 14.9. The minimum Gasteiger partial charge on any atom is -0.469 e. The maximum Gasteiger partial charge on any atom is 0.384 e. The van der Waals surface area contributed by atoms with E-state index in [-0.39, 0.29) is 64.3 Å². The molecule has 5 N–H and O–H groups in total. The average Bonchev–Trinajstić information content (AvgIpc) is 4.01. The number of para-hydroxylation sites is 1. The lowest BCUT2D eigenvalue weighted by Crippen LogP contribution is -2.55. The number of ether oxygens (including phenoxy) is 1. The van der Waals surface area contributed by atoms with E-state index in [0.717, 1.165) is 15.9 Å². The third-order valence-electron chi connectivity index (χ3n) is 12.1. The van der Waals surface area contributed by atoms with E-state index in [4.69, 9.17) is 46.4 Å². The number of aliphatic hydroxyl groups is 1. The quantitative estimate of drug-likeness (QED) is 0.104. The summed E-state index contributed by atoms with van der Waals surface area (Å²) in [5, 5.41) is 21.1. The predicted molar refractivity (Wildman–Crippen MR) is 217 cm³/mol. The van der Waals surface area contributed by atoms with Crippen LogP contribution in [0.3, 0.4) is 0 Å². The molecule has 10 bridgehead atoms. The Morgan fingerprint density at radius 3 is 2.59 bits per heavy atom. The number of fused-ring (bicyclic) bond motifs is 7. The molecule has 3 aromatic heterocycles. The van der Waals surface area contributed by atoms with Crippen LogP contribution >= 0.6 is 31.5 Å². The van der Waals surface area contributed by atoms with Crippen molar-refractivity contribution in [3.8, 4) is 39.8 Å². The largest absolute Gasteiger partial charge is 0.469 e. The molecule has 5 atom stereocenters. The van der Waals surface area contributed by atoms with Gasteiger partial charge in [0.05, 0.1) is 11.1 Å². The number of nitrogens with one attached hydrogen (secondary N) is 3. The van der Waals surface area contributed by atoms with E-state index in [2.05, 4.69) is 20.9 Å². The number of halogens is 2. The van der Waals surface area contributed by atoms with Gasteiger partial charge < -0.3 is 44.1 Å². The Labute approximate surface area is 346 Å². The van der Waals surface area contributed by atoms with Crippen LogP contribution in [-0.2, 0) is 26.0 Å². The Balaban J connectivity index is 1.29. The van der Waals surface area contributed by atoms with Gasteiger partial charge in [0.25, 0.3) is 11.8 Å². The number of nitrogens with zero attached hydrogens (tertiary/aromatic N) is 3. The van der Waals surface area contributed by atoms with Crippen LogP contribution in [0.15, 0.2) is 63.4 Å². The molecule has 4 aliphatic heterocycles. The number of benzene rings is 3. The summed E-state index contributed by atoms with van der Waals surface area (Å²) in [5.41, 5.74) is 2.15. The van der Waals surface area contributed by atoms with Crippen LogP contribution in [0.4, 0.5) is 5.69 Å². The molecule has 1 spiro atoms. The Kier molecular flexibility index (Phi) is 8.58. The number of aromatic nitrogens is 3. The third-order valence-corrected chi connectivity index (χ3v) is 13.1. The smallest absolute Gasteiger partial charge is 0.384 e. The van der Waals surface area contributed by atoms with Crippen LogP contribution in [0.1, 0.15) is 74.9 Å². The van der Waals surface area contributed by atoms with Crippen molar-refractivity contribution in [1.29, 1.82) is 0 Å². The highest BCUT2D eigenvalue weighted by Crippen LogP contribution is 2.62. The van der Waals surface area contributed by atoms with Crippen molar-refractivity contribution in [1.82, 2.24) is 25.3 Å². The molecule has 0 saturated carbocycles. The van der Waals surface area contributed by atoms with Crippen LogP contribution in [0.2, 0.25) is 10.3 Å². The lowest BCUT2D eigenvalue weighted by atomic mass is 9.72. The number of anilines is 1. The molecule has 0 radical (unpaired) electrons. The summed E-state index contributed by atoms with van der Waals surface area (Å²) in [6.07, 6.45) is -0.401. The van der Waals surface area contributed by atoms with E-state index >= 15 is 0 Å². The van der Waals surface area contributed by atoms with Crippen molar-refractivity contribution in [2.45, 2.75) is 76.3 Å². The first kappa shape index (κ1) is 37.9. The van der Waals surface area contributed by atoms with Crippen molar-refractivity contribution >= 4 is 59.9 Å². The number of carbonyl (C=O) groups excluding carboxylic acids is 2. The Hall–Kier alpha value is -5.31. The maximum absolute atomic E-state index is 14.4. The highest BCUT2D eigenvalue weighted by molar-refractivity contribution is 7.32. The number of rotatable bonds is 7. The molecule has 0 saturated heterocycles. The lowest BCUT2D eigenvalue weighted by Gasteiger charge is -2.30. The maximum atomic E-state index is 14.4. The minimum atomic E-state index is -3.54. The fourth-order valence-electron chi connectivity index (χ4n) is 9.05. The van der Waals surface area contributed by atoms with E-state index in [0.29, 0.717) is 44.8 Å². The van der Waals surface area contributed by atoms with Gasteiger partial charge in [-0.05, 0) is 42.0 Å². The first-order valence-corrected chi connectivity index (χ1v) is 21.3. The van der Waals surface area contributed by atoms with Gasteiger partial charge in [0.15, 0.2) is 33.7 Å². The van der Waals surface area contributed by atoms with Crippen LogP contribution in [0, 0.1) is 5.92 Å². The van der Waals surface area contributed by atoms with Crippen LogP contribution in [0.5, 0.6) is 5.75 Å². The molecule has 4 aliphatic rings. The summed E-state index contributed by atoms with van der Waals surface area (Å²) < 4.78 is 39.0. The molecule has 2 amide bonds.